The summed E-state index contributed by atoms with van der Waals surface area (Å²) in [4.78, 5) is 26.1. The Morgan fingerprint density at radius 2 is 1.87 bits per heavy atom. The molecule has 0 saturated heterocycles. The Balaban J connectivity index is 1.97. The summed E-state index contributed by atoms with van der Waals surface area (Å²) in [6, 6.07) is 13.6. The number of carbonyl (C=O) groups excluding carboxylic acids is 2. The van der Waals surface area contributed by atoms with Gasteiger partial charge in [-0.05, 0) is 36.4 Å². The van der Waals surface area contributed by atoms with Gasteiger partial charge < -0.3 is 9.64 Å². The average Bonchev–Trinajstić information content (AvgIpc) is 2.60. The summed E-state index contributed by atoms with van der Waals surface area (Å²) in [6.07, 6.45) is -0.869. The number of anilines is 1. The molecule has 0 saturated carbocycles. The molecule has 7 heteroatoms. The van der Waals surface area contributed by atoms with Gasteiger partial charge >= 0.3 is 0 Å². The van der Waals surface area contributed by atoms with Crippen LogP contribution >= 0.6 is 11.6 Å². The zero-order chi connectivity index (χ0) is 16.4. The van der Waals surface area contributed by atoms with Gasteiger partial charge in [0.25, 0.3) is 11.8 Å². The van der Waals surface area contributed by atoms with E-state index in [-0.39, 0.29) is 12.5 Å². The Bertz CT molecular complexity index is 748. The molecule has 3 rings (SSSR count). The highest BCUT2D eigenvalue weighted by Crippen LogP contribution is 2.34. The van der Waals surface area contributed by atoms with Crippen molar-refractivity contribution < 1.29 is 14.3 Å². The number of benzene rings is 2. The molecule has 0 fully saturated rings. The number of nitrogens with one attached hydrogen (secondary N) is 1. The standard InChI is InChI=1S/C16H14ClN3O3/c17-11-7-5-10(6-8-11)16(22)20-9-14(15(21)19-18)23-13-4-2-1-3-12(13)20/h1-8,14H,9,18H2,(H,19,21)/t14-/m0/s1. The van der Waals surface area contributed by atoms with Crippen LogP contribution in [0.3, 0.4) is 0 Å². The first-order valence-electron chi connectivity index (χ1n) is 6.93. The molecular formula is C16H14ClN3O3. The highest BCUT2D eigenvalue weighted by atomic mass is 35.5. The highest BCUT2D eigenvalue weighted by molar-refractivity contribution is 6.30. The molecule has 0 aromatic heterocycles. The molecule has 1 aliphatic heterocycles. The predicted molar refractivity (Wildman–Crippen MR) is 86.3 cm³/mol. The molecule has 0 radical (unpaired) electrons. The van der Waals surface area contributed by atoms with Gasteiger partial charge in [-0.2, -0.15) is 0 Å². The second-order valence-electron chi connectivity index (χ2n) is 5.01. The van der Waals surface area contributed by atoms with E-state index in [4.69, 9.17) is 22.2 Å². The molecule has 2 aromatic carbocycles. The van der Waals surface area contributed by atoms with E-state index in [0.717, 1.165) is 0 Å². The maximum atomic E-state index is 12.8. The van der Waals surface area contributed by atoms with Crippen molar-refractivity contribution in [2.24, 2.45) is 5.84 Å². The Morgan fingerprint density at radius 1 is 1.17 bits per heavy atom. The average molecular weight is 332 g/mol. The number of rotatable bonds is 2. The van der Waals surface area contributed by atoms with Crippen LogP contribution in [-0.2, 0) is 4.79 Å². The maximum absolute atomic E-state index is 12.8. The summed E-state index contributed by atoms with van der Waals surface area (Å²) in [5.74, 6) is 4.89. The Morgan fingerprint density at radius 3 is 2.57 bits per heavy atom. The summed E-state index contributed by atoms with van der Waals surface area (Å²) >= 11 is 5.86. The van der Waals surface area contributed by atoms with Crippen LogP contribution < -0.4 is 20.9 Å². The van der Waals surface area contributed by atoms with Crippen LogP contribution in [0.15, 0.2) is 48.5 Å². The van der Waals surface area contributed by atoms with Gasteiger partial charge in [-0.1, -0.05) is 23.7 Å². The first kappa shape index (κ1) is 15.3. The first-order valence-corrected chi connectivity index (χ1v) is 7.31. The van der Waals surface area contributed by atoms with Crippen molar-refractivity contribution in [3.05, 3.63) is 59.1 Å². The first-order chi connectivity index (χ1) is 11.1. The molecule has 1 aliphatic rings. The summed E-state index contributed by atoms with van der Waals surface area (Å²) in [5, 5.41) is 0.546. The van der Waals surface area contributed by atoms with E-state index in [0.29, 0.717) is 22.0 Å². The van der Waals surface area contributed by atoms with Gasteiger partial charge in [0.2, 0.25) is 0 Å². The molecule has 2 amide bonds. The van der Waals surface area contributed by atoms with E-state index in [2.05, 4.69) is 5.43 Å². The molecule has 3 N–H and O–H groups in total. The van der Waals surface area contributed by atoms with E-state index in [1.807, 2.05) is 0 Å². The molecule has 0 aliphatic carbocycles. The molecule has 0 bridgehead atoms. The largest absolute Gasteiger partial charge is 0.476 e. The van der Waals surface area contributed by atoms with E-state index in [1.54, 1.807) is 48.5 Å². The molecule has 0 unspecified atom stereocenters. The van der Waals surface area contributed by atoms with Crippen molar-refractivity contribution in [3.8, 4) is 5.75 Å². The minimum absolute atomic E-state index is 0.0709. The Labute approximate surface area is 137 Å². The van der Waals surface area contributed by atoms with Crippen LogP contribution in [0, 0.1) is 0 Å². The number of amides is 2. The Kier molecular flexibility index (Phi) is 4.18. The molecule has 1 heterocycles. The molecule has 23 heavy (non-hydrogen) atoms. The maximum Gasteiger partial charge on any atom is 0.276 e. The normalized spacial score (nSPS) is 16.3. The van der Waals surface area contributed by atoms with Gasteiger partial charge in [-0.3, -0.25) is 15.0 Å². The van der Waals surface area contributed by atoms with E-state index >= 15 is 0 Å². The van der Waals surface area contributed by atoms with E-state index < -0.39 is 12.0 Å². The molecule has 0 spiro atoms. The van der Waals surface area contributed by atoms with Crippen LogP contribution in [0.2, 0.25) is 5.02 Å². The van der Waals surface area contributed by atoms with Gasteiger partial charge in [-0.25, -0.2) is 5.84 Å². The number of halogens is 1. The third-order valence-corrected chi connectivity index (χ3v) is 3.80. The van der Waals surface area contributed by atoms with Crippen LogP contribution in [0.4, 0.5) is 5.69 Å². The Hall–Kier alpha value is -2.57. The van der Waals surface area contributed by atoms with Crippen LogP contribution in [0.1, 0.15) is 10.4 Å². The summed E-state index contributed by atoms with van der Waals surface area (Å²) in [6.45, 7) is 0.0709. The molecule has 118 valence electrons. The number of carbonyl (C=O) groups is 2. The quantitative estimate of drug-likeness (QED) is 0.498. The van der Waals surface area contributed by atoms with Crippen molar-refractivity contribution in [1.29, 1.82) is 0 Å². The second kappa shape index (κ2) is 6.28. The molecule has 1 atom stereocenters. The summed E-state index contributed by atoms with van der Waals surface area (Å²) in [7, 11) is 0. The number of hydrogen-bond donors (Lipinski definition) is 2. The van der Waals surface area contributed by atoms with Gasteiger partial charge in [0.05, 0.1) is 12.2 Å². The lowest BCUT2D eigenvalue weighted by Crippen LogP contribution is -2.52. The zero-order valence-electron chi connectivity index (χ0n) is 12.0. The van der Waals surface area contributed by atoms with Crippen LogP contribution in [0.5, 0.6) is 5.75 Å². The number of hydrogen-bond acceptors (Lipinski definition) is 4. The third-order valence-electron chi connectivity index (χ3n) is 3.54. The summed E-state index contributed by atoms with van der Waals surface area (Å²) in [5.41, 5.74) is 3.13. The van der Waals surface area contributed by atoms with Gasteiger partial charge in [0.1, 0.15) is 5.75 Å². The number of fused-ring (bicyclic) bond motifs is 1. The summed E-state index contributed by atoms with van der Waals surface area (Å²) < 4.78 is 5.61. The molecule has 6 nitrogen and oxygen atoms in total. The van der Waals surface area contributed by atoms with Crippen molar-refractivity contribution in [3.63, 3.8) is 0 Å². The monoisotopic (exact) mass is 331 g/mol. The minimum atomic E-state index is -0.869. The van der Waals surface area contributed by atoms with Crippen molar-refractivity contribution in [2.45, 2.75) is 6.10 Å². The lowest BCUT2D eigenvalue weighted by atomic mass is 10.1. The SMILES string of the molecule is NNC(=O)[C@@H]1CN(C(=O)c2ccc(Cl)cc2)c2ccccc2O1. The highest BCUT2D eigenvalue weighted by Gasteiger charge is 2.33. The fraction of sp³-hybridized carbons (Fsp3) is 0.125. The van der Waals surface area contributed by atoms with Crippen LogP contribution in [-0.4, -0.2) is 24.5 Å². The predicted octanol–water partition coefficient (Wildman–Crippen LogP) is 1.74. The van der Waals surface area contributed by atoms with Crippen LogP contribution in [0.25, 0.3) is 0 Å². The fourth-order valence-electron chi connectivity index (χ4n) is 2.40. The fourth-order valence-corrected chi connectivity index (χ4v) is 2.53. The lowest BCUT2D eigenvalue weighted by molar-refractivity contribution is -0.127. The third kappa shape index (κ3) is 2.99. The molecule has 2 aromatic rings. The smallest absolute Gasteiger partial charge is 0.276 e. The van der Waals surface area contributed by atoms with Gasteiger partial charge in [0.15, 0.2) is 6.10 Å². The second-order valence-corrected chi connectivity index (χ2v) is 5.44. The van der Waals surface area contributed by atoms with E-state index in [9.17, 15) is 9.59 Å². The zero-order valence-corrected chi connectivity index (χ0v) is 12.8. The molecular weight excluding hydrogens is 318 g/mol. The number of ether oxygens (including phenoxy) is 1. The van der Waals surface area contributed by atoms with E-state index in [1.165, 1.54) is 4.90 Å². The van der Waals surface area contributed by atoms with Crippen molar-refractivity contribution in [2.75, 3.05) is 11.4 Å². The van der Waals surface area contributed by atoms with Gasteiger partial charge in [-0.15, -0.1) is 0 Å². The van der Waals surface area contributed by atoms with Crippen molar-refractivity contribution >= 4 is 29.1 Å². The number of para-hydroxylation sites is 2. The number of nitrogens with two attached hydrogens (primary N) is 1. The topological polar surface area (TPSA) is 84.7 Å². The lowest BCUT2D eigenvalue weighted by Gasteiger charge is -2.34. The number of hydrazine groups is 1. The van der Waals surface area contributed by atoms with Crippen molar-refractivity contribution in [1.82, 2.24) is 5.43 Å². The number of nitrogens with zero attached hydrogens (tertiary/aromatic N) is 1. The minimum Gasteiger partial charge on any atom is -0.476 e. The van der Waals surface area contributed by atoms with Gasteiger partial charge in [0, 0.05) is 10.6 Å².